The van der Waals surface area contributed by atoms with E-state index in [0.29, 0.717) is 16.5 Å². The molecule has 1 amide bonds. The number of carbonyl (C=O) groups excluding carboxylic acids is 1. The van der Waals surface area contributed by atoms with Crippen LogP contribution in [0, 0.1) is 12.8 Å². The number of hydrogen-bond donors (Lipinski definition) is 1. The number of carbonyl (C=O) groups is 1. The lowest BCUT2D eigenvalue weighted by Crippen LogP contribution is -2.25. The van der Waals surface area contributed by atoms with Gasteiger partial charge in [-0.25, -0.2) is 0 Å². The lowest BCUT2D eigenvalue weighted by molar-refractivity contribution is -0.120. The van der Waals surface area contributed by atoms with Gasteiger partial charge in [-0.2, -0.15) is 0 Å². The van der Waals surface area contributed by atoms with Crippen molar-refractivity contribution in [3.63, 3.8) is 0 Å². The van der Waals surface area contributed by atoms with Crippen LogP contribution >= 0.6 is 11.6 Å². The third-order valence-electron chi connectivity index (χ3n) is 3.71. The van der Waals surface area contributed by atoms with Crippen molar-refractivity contribution in [1.29, 1.82) is 0 Å². The molecule has 1 fully saturated rings. The third-order valence-corrected chi connectivity index (χ3v) is 4.12. The molecule has 3 nitrogen and oxygen atoms in total. The normalized spacial score (nSPS) is 16.2. The van der Waals surface area contributed by atoms with Gasteiger partial charge in [0.1, 0.15) is 5.75 Å². The molecule has 0 aromatic heterocycles. The second kappa shape index (κ2) is 6.29. The van der Waals surface area contributed by atoms with E-state index >= 15 is 0 Å². The number of aryl methyl sites for hydroxylation is 1. The first kappa shape index (κ1) is 14.2. The molecule has 1 aromatic rings. The van der Waals surface area contributed by atoms with Gasteiger partial charge in [0, 0.05) is 17.0 Å². The summed E-state index contributed by atoms with van der Waals surface area (Å²) in [5.41, 5.74) is 1.64. The van der Waals surface area contributed by atoms with Gasteiger partial charge in [0.25, 0.3) is 0 Å². The zero-order valence-corrected chi connectivity index (χ0v) is 12.2. The van der Waals surface area contributed by atoms with Gasteiger partial charge in [-0.15, -0.1) is 0 Å². The van der Waals surface area contributed by atoms with Crippen molar-refractivity contribution in [2.75, 3.05) is 12.4 Å². The summed E-state index contributed by atoms with van der Waals surface area (Å²) in [6, 6.07) is 3.61. The summed E-state index contributed by atoms with van der Waals surface area (Å²) in [4.78, 5) is 12.2. The Labute approximate surface area is 119 Å². The Kier molecular flexibility index (Phi) is 4.70. The van der Waals surface area contributed by atoms with Crippen LogP contribution in [0.25, 0.3) is 0 Å². The number of anilines is 1. The number of nitrogens with one attached hydrogen (secondary N) is 1. The van der Waals surface area contributed by atoms with E-state index < -0.39 is 0 Å². The SMILES string of the molecule is COc1cc(Cl)c(C)cc1NC(=O)C1CCCCC1. The topological polar surface area (TPSA) is 38.3 Å². The Morgan fingerprint density at radius 1 is 1.32 bits per heavy atom. The van der Waals surface area contributed by atoms with Gasteiger partial charge in [-0.05, 0) is 31.4 Å². The van der Waals surface area contributed by atoms with Crippen molar-refractivity contribution in [3.8, 4) is 5.75 Å². The number of ether oxygens (including phenoxy) is 1. The van der Waals surface area contributed by atoms with Gasteiger partial charge >= 0.3 is 0 Å². The maximum atomic E-state index is 12.2. The van der Waals surface area contributed by atoms with Crippen LogP contribution in [0.3, 0.4) is 0 Å². The highest BCUT2D eigenvalue weighted by Crippen LogP contribution is 2.32. The molecule has 0 aliphatic heterocycles. The molecule has 1 aliphatic rings. The van der Waals surface area contributed by atoms with Gasteiger partial charge in [0.2, 0.25) is 5.91 Å². The van der Waals surface area contributed by atoms with E-state index in [1.54, 1.807) is 13.2 Å². The highest BCUT2D eigenvalue weighted by Gasteiger charge is 2.22. The highest BCUT2D eigenvalue weighted by molar-refractivity contribution is 6.31. The molecule has 19 heavy (non-hydrogen) atoms. The predicted octanol–water partition coefficient (Wildman–Crippen LogP) is 4.18. The van der Waals surface area contributed by atoms with Crippen LogP contribution in [0.5, 0.6) is 5.75 Å². The Balaban J connectivity index is 2.13. The van der Waals surface area contributed by atoms with E-state index in [2.05, 4.69) is 5.32 Å². The summed E-state index contributed by atoms with van der Waals surface area (Å²) < 4.78 is 5.27. The smallest absolute Gasteiger partial charge is 0.227 e. The maximum absolute atomic E-state index is 12.2. The van der Waals surface area contributed by atoms with Crippen LogP contribution in [-0.2, 0) is 4.79 Å². The molecule has 0 radical (unpaired) electrons. The van der Waals surface area contributed by atoms with Gasteiger partial charge in [0.15, 0.2) is 0 Å². The molecule has 0 spiro atoms. The summed E-state index contributed by atoms with van der Waals surface area (Å²) in [5.74, 6) is 0.842. The zero-order chi connectivity index (χ0) is 13.8. The molecule has 0 unspecified atom stereocenters. The largest absolute Gasteiger partial charge is 0.495 e. The standard InChI is InChI=1S/C15H20ClNO2/c1-10-8-13(14(19-2)9-12(10)16)17-15(18)11-6-4-3-5-7-11/h8-9,11H,3-7H2,1-2H3,(H,17,18). The van der Waals surface area contributed by atoms with E-state index in [0.717, 1.165) is 31.2 Å². The molecule has 104 valence electrons. The Bertz CT molecular complexity index is 467. The molecular weight excluding hydrogens is 262 g/mol. The first-order chi connectivity index (χ1) is 9.11. The molecule has 4 heteroatoms. The summed E-state index contributed by atoms with van der Waals surface area (Å²) in [6.07, 6.45) is 5.51. The van der Waals surface area contributed by atoms with Crippen molar-refractivity contribution >= 4 is 23.2 Å². The number of rotatable bonds is 3. The monoisotopic (exact) mass is 281 g/mol. The first-order valence-electron chi connectivity index (χ1n) is 6.77. The van der Waals surface area contributed by atoms with Crippen LogP contribution in [0.15, 0.2) is 12.1 Å². The zero-order valence-electron chi connectivity index (χ0n) is 11.5. The third kappa shape index (κ3) is 3.41. The van der Waals surface area contributed by atoms with Gasteiger partial charge < -0.3 is 10.1 Å². The molecule has 1 saturated carbocycles. The predicted molar refractivity (Wildman–Crippen MR) is 77.9 cm³/mol. The van der Waals surface area contributed by atoms with Gasteiger partial charge in [0.05, 0.1) is 12.8 Å². The number of halogens is 1. The fourth-order valence-corrected chi connectivity index (χ4v) is 2.68. The highest BCUT2D eigenvalue weighted by atomic mass is 35.5. The summed E-state index contributed by atoms with van der Waals surface area (Å²) >= 11 is 6.06. The van der Waals surface area contributed by atoms with E-state index in [-0.39, 0.29) is 11.8 Å². The second-order valence-electron chi connectivity index (χ2n) is 5.13. The average Bonchev–Trinajstić information content (AvgIpc) is 2.43. The maximum Gasteiger partial charge on any atom is 0.227 e. The van der Waals surface area contributed by atoms with Crippen molar-refractivity contribution in [2.24, 2.45) is 5.92 Å². The number of amides is 1. The van der Waals surface area contributed by atoms with Crippen molar-refractivity contribution < 1.29 is 9.53 Å². The number of benzene rings is 1. The molecule has 0 bridgehead atoms. The van der Waals surface area contributed by atoms with Crippen molar-refractivity contribution in [3.05, 3.63) is 22.7 Å². The summed E-state index contributed by atoms with van der Waals surface area (Å²) in [6.45, 7) is 1.91. The van der Waals surface area contributed by atoms with Crippen LogP contribution in [-0.4, -0.2) is 13.0 Å². The molecule has 2 rings (SSSR count). The first-order valence-corrected chi connectivity index (χ1v) is 7.14. The molecule has 1 aliphatic carbocycles. The molecule has 1 N–H and O–H groups in total. The fourth-order valence-electron chi connectivity index (χ4n) is 2.53. The minimum absolute atomic E-state index is 0.0970. The second-order valence-corrected chi connectivity index (χ2v) is 5.53. The van der Waals surface area contributed by atoms with Crippen LogP contribution < -0.4 is 10.1 Å². The van der Waals surface area contributed by atoms with Crippen LogP contribution in [0.2, 0.25) is 5.02 Å². The van der Waals surface area contributed by atoms with E-state index in [1.165, 1.54) is 6.42 Å². The van der Waals surface area contributed by atoms with Gasteiger partial charge in [-0.3, -0.25) is 4.79 Å². The molecular formula is C15H20ClNO2. The molecule has 0 heterocycles. The Hall–Kier alpha value is -1.22. The summed E-state index contributed by atoms with van der Waals surface area (Å²) in [5, 5.41) is 3.62. The number of hydrogen-bond acceptors (Lipinski definition) is 2. The average molecular weight is 282 g/mol. The lowest BCUT2D eigenvalue weighted by atomic mass is 9.88. The molecule has 0 atom stereocenters. The number of methoxy groups -OCH3 is 1. The quantitative estimate of drug-likeness (QED) is 0.903. The van der Waals surface area contributed by atoms with Crippen molar-refractivity contribution in [2.45, 2.75) is 39.0 Å². The van der Waals surface area contributed by atoms with E-state index in [4.69, 9.17) is 16.3 Å². The summed E-state index contributed by atoms with van der Waals surface area (Å²) in [7, 11) is 1.58. The minimum atomic E-state index is 0.0970. The lowest BCUT2D eigenvalue weighted by Gasteiger charge is -2.21. The minimum Gasteiger partial charge on any atom is -0.495 e. The Morgan fingerprint density at radius 3 is 2.63 bits per heavy atom. The fraction of sp³-hybridized carbons (Fsp3) is 0.533. The van der Waals surface area contributed by atoms with Crippen molar-refractivity contribution in [1.82, 2.24) is 0 Å². The Morgan fingerprint density at radius 2 is 2.00 bits per heavy atom. The molecule has 1 aromatic carbocycles. The van der Waals surface area contributed by atoms with Crippen LogP contribution in [0.1, 0.15) is 37.7 Å². The van der Waals surface area contributed by atoms with Gasteiger partial charge in [-0.1, -0.05) is 30.9 Å². The van der Waals surface area contributed by atoms with E-state index in [9.17, 15) is 4.79 Å². The van der Waals surface area contributed by atoms with Crippen LogP contribution in [0.4, 0.5) is 5.69 Å². The van der Waals surface area contributed by atoms with E-state index in [1.807, 2.05) is 13.0 Å². The molecule has 0 saturated heterocycles.